The van der Waals surface area contributed by atoms with Crippen molar-refractivity contribution in [2.75, 3.05) is 21.3 Å². The second kappa shape index (κ2) is 7.13. The number of alkyl halides is 1. The zero-order valence-electron chi connectivity index (χ0n) is 12.2. The van der Waals surface area contributed by atoms with E-state index in [1.165, 1.54) is 6.33 Å². The molecular weight excluding hydrogens is 292 g/mol. The maximum absolute atomic E-state index is 6.49. The van der Waals surface area contributed by atoms with Gasteiger partial charge in [-0.25, -0.2) is 9.97 Å². The van der Waals surface area contributed by atoms with Crippen LogP contribution in [0.5, 0.6) is 17.4 Å². The fourth-order valence-electron chi connectivity index (χ4n) is 1.97. The summed E-state index contributed by atoms with van der Waals surface area (Å²) >= 11 is 6.49. The third-order valence-corrected chi connectivity index (χ3v) is 3.46. The summed E-state index contributed by atoms with van der Waals surface area (Å²) in [6, 6.07) is 7.33. The number of hydrogen-bond acceptors (Lipinski definition) is 5. The summed E-state index contributed by atoms with van der Waals surface area (Å²) in [6.45, 7) is 0. The first-order valence-corrected chi connectivity index (χ1v) is 6.82. The molecule has 0 saturated heterocycles. The molecule has 2 rings (SSSR count). The van der Waals surface area contributed by atoms with Gasteiger partial charge in [0.15, 0.2) is 0 Å². The van der Waals surface area contributed by atoms with Crippen molar-refractivity contribution >= 4 is 11.6 Å². The van der Waals surface area contributed by atoms with Gasteiger partial charge in [0.1, 0.15) is 17.8 Å². The van der Waals surface area contributed by atoms with Crippen molar-refractivity contribution in [1.82, 2.24) is 9.97 Å². The molecular formula is C15H17ClN2O3. The van der Waals surface area contributed by atoms with Crippen molar-refractivity contribution in [1.29, 1.82) is 0 Å². The Morgan fingerprint density at radius 2 is 1.86 bits per heavy atom. The summed E-state index contributed by atoms with van der Waals surface area (Å²) in [5.41, 5.74) is 1.69. The highest BCUT2D eigenvalue weighted by molar-refractivity contribution is 6.21. The molecule has 0 radical (unpaired) electrons. The Morgan fingerprint density at radius 1 is 1.05 bits per heavy atom. The van der Waals surface area contributed by atoms with Crippen LogP contribution in [0.1, 0.15) is 16.6 Å². The molecule has 1 aromatic heterocycles. The number of nitrogens with zero attached hydrogens (tertiary/aromatic N) is 2. The molecule has 0 amide bonds. The summed E-state index contributed by atoms with van der Waals surface area (Å²) in [4.78, 5) is 8.18. The highest BCUT2D eigenvalue weighted by atomic mass is 35.5. The molecule has 0 aliphatic carbocycles. The summed E-state index contributed by atoms with van der Waals surface area (Å²) in [7, 11) is 4.78. The van der Waals surface area contributed by atoms with E-state index in [9.17, 15) is 0 Å². The minimum Gasteiger partial charge on any atom is -0.497 e. The van der Waals surface area contributed by atoms with Crippen molar-refractivity contribution in [2.45, 2.75) is 11.8 Å². The molecule has 1 atom stereocenters. The Balaban J connectivity index is 2.21. The normalized spacial score (nSPS) is 11.8. The molecule has 1 unspecified atom stereocenters. The average Bonchev–Trinajstić information content (AvgIpc) is 2.54. The molecule has 21 heavy (non-hydrogen) atoms. The zero-order valence-corrected chi connectivity index (χ0v) is 12.9. The van der Waals surface area contributed by atoms with Crippen molar-refractivity contribution in [3.63, 3.8) is 0 Å². The first kappa shape index (κ1) is 15.4. The van der Waals surface area contributed by atoms with Crippen LogP contribution in [0.25, 0.3) is 0 Å². The standard InChI is InChI=1S/C15H17ClN2O3/c1-19-11-4-5-12(14(8-11)20-2)13(16)6-10-7-15(21-3)18-9-17-10/h4-5,7-9,13H,6H2,1-3H3. The number of ether oxygens (including phenoxy) is 3. The van der Waals surface area contributed by atoms with Crippen LogP contribution in [-0.2, 0) is 6.42 Å². The summed E-state index contributed by atoms with van der Waals surface area (Å²) in [5, 5.41) is -0.273. The van der Waals surface area contributed by atoms with E-state index in [1.54, 1.807) is 27.4 Å². The average molecular weight is 309 g/mol. The third kappa shape index (κ3) is 3.76. The lowest BCUT2D eigenvalue weighted by Crippen LogP contribution is -2.02. The lowest BCUT2D eigenvalue weighted by atomic mass is 10.1. The van der Waals surface area contributed by atoms with Gasteiger partial charge in [0.05, 0.1) is 26.7 Å². The number of benzene rings is 1. The first-order valence-electron chi connectivity index (χ1n) is 6.38. The van der Waals surface area contributed by atoms with Crippen LogP contribution in [0.3, 0.4) is 0 Å². The molecule has 0 N–H and O–H groups in total. The van der Waals surface area contributed by atoms with Gasteiger partial charge in [0, 0.05) is 29.8 Å². The molecule has 2 aromatic rings. The van der Waals surface area contributed by atoms with Crippen LogP contribution in [0, 0.1) is 0 Å². The van der Waals surface area contributed by atoms with Gasteiger partial charge in [-0.2, -0.15) is 0 Å². The molecule has 0 saturated carbocycles. The van der Waals surface area contributed by atoms with E-state index in [2.05, 4.69) is 9.97 Å². The Kier molecular flexibility index (Phi) is 5.22. The number of halogens is 1. The SMILES string of the molecule is COc1ccc(C(Cl)Cc2cc(OC)ncn2)c(OC)c1. The van der Waals surface area contributed by atoms with Crippen molar-refractivity contribution < 1.29 is 14.2 Å². The van der Waals surface area contributed by atoms with E-state index in [0.29, 0.717) is 18.1 Å². The van der Waals surface area contributed by atoms with Crippen LogP contribution in [-0.4, -0.2) is 31.3 Å². The number of hydrogen-bond donors (Lipinski definition) is 0. The maximum Gasteiger partial charge on any atom is 0.216 e. The fraction of sp³-hybridized carbons (Fsp3) is 0.333. The molecule has 0 aliphatic rings. The highest BCUT2D eigenvalue weighted by Crippen LogP contribution is 2.34. The Morgan fingerprint density at radius 3 is 2.52 bits per heavy atom. The summed E-state index contributed by atoms with van der Waals surface area (Å²) < 4.78 is 15.6. The second-order valence-corrected chi connectivity index (χ2v) is 4.86. The van der Waals surface area contributed by atoms with Gasteiger partial charge in [-0.1, -0.05) is 6.07 Å². The predicted octanol–water partition coefficient (Wildman–Crippen LogP) is 3.03. The smallest absolute Gasteiger partial charge is 0.216 e. The Bertz CT molecular complexity index is 607. The molecule has 5 nitrogen and oxygen atoms in total. The van der Waals surface area contributed by atoms with Crippen molar-refractivity contribution in [2.24, 2.45) is 0 Å². The van der Waals surface area contributed by atoms with Crippen LogP contribution < -0.4 is 14.2 Å². The van der Waals surface area contributed by atoms with Crippen LogP contribution in [0.2, 0.25) is 0 Å². The minimum atomic E-state index is -0.273. The molecule has 1 aromatic carbocycles. The van der Waals surface area contributed by atoms with Gasteiger partial charge in [-0.3, -0.25) is 0 Å². The molecule has 0 spiro atoms. The molecule has 6 heteroatoms. The number of aromatic nitrogens is 2. The van der Waals surface area contributed by atoms with Crippen LogP contribution in [0.4, 0.5) is 0 Å². The first-order chi connectivity index (χ1) is 10.2. The monoisotopic (exact) mass is 308 g/mol. The maximum atomic E-state index is 6.49. The predicted molar refractivity (Wildman–Crippen MR) is 80.4 cm³/mol. The molecule has 0 fully saturated rings. The Hall–Kier alpha value is -2.01. The zero-order chi connectivity index (χ0) is 15.2. The minimum absolute atomic E-state index is 0.273. The van der Waals surface area contributed by atoms with Crippen molar-refractivity contribution in [3.05, 3.63) is 41.9 Å². The third-order valence-electron chi connectivity index (χ3n) is 3.07. The molecule has 0 bridgehead atoms. The topological polar surface area (TPSA) is 53.5 Å². The fourth-order valence-corrected chi connectivity index (χ4v) is 2.31. The summed E-state index contributed by atoms with van der Waals surface area (Å²) in [5.74, 6) is 1.93. The molecule has 1 heterocycles. The van der Waals surface area contributed by atoms with Gasteiger partial charge >= 0.3 is 0 Å². The van der Waals surface area contributed by atoms with Gasteiger partial charge in [-0.05, 0) is 6.07 Å². The molecule has 0 aliphatic heterocycles. The Labute approximate surface area is 128 Å². The molecule has 112 valence electrons. The number of methoxy groups -OCH3 is 3. The van der Waals surface area contributed by atoms with Crippen LogP contribution in [0.15, 0.2) is 30.6 Å². The quantitative estimate of drug-likeness (QED) is 0.768. The highest BCUT2D eigenvalue weighted by Gasteiger charge is 2.16. The second-order valence-electron chi connectivity index (χ2n) is 4.33. The largest absolute Gasteiger partial charge is 0.497 e. The van der Waals surface area contributed by atoms with E-state index >= 15 is 0 Å². The number of rotatable bonds is 6. The lowest BCUT2D eigenvalue weighted by Gasteiger charge is -2.15. The van der Waals surface area contributed by atoms with E-state index in [4.69, 9.17) is 25.8 Å². The van der Waals surface area contributed by atoms with Gasteiger partial charge in [-0.15, -0.1) is 11.6 Å². The van der Waals surface area contributed by atoms with E-state index in [1.807, 2.05) is 18.2 Å². The summed E-state index contributed by atoms with van der Waals surface area (Å²) in [6.07, 6.45) is 2.01. The van der Waals surface area contributed by atoms with Crippen molar-refractivity contribution in [3.8, 4) is 17.4 Å². The van der Waals surface area contributed by atoms with Gasteiger partial charge < -0.3 is 14.2 Å². The lowest BCUT2D eigenvalue weighted by molar-refractivity contribution is 0.390. The van der Waals surface area contributed by atoms with Crippen LogP contribution >= 0.6 is 11.6 Å². The van der Waals surface area contributed by atoms with E-state index in [-0.39, 0.29) is 5.38 Å². The van der Waals surface area contributed by atoms with E-state index in [0.717, 1.165) is 17.0 Å². The van der Waals surface area contributed by atoms with Gasteiger partial charge in [0.25, 0.3) is 0 Å². The van der Waals surface area contributed by atoms with Gasteiger partial charge in [0.2, 0.25) is 5.88 Å². The van der Waals surface area contributed by atoms with E-state index < -0.39 is 0 Å².